The van der Waals surface area contributed by atoms with Gasteiger partial charge in [-0.05, 0) is 17.7 Å². The molecule has 0 saturated heterocycles. The van der Waals surface area contributed by atoms with Gasteiger partial charge < -0.3 is 9.47 Å². The average Bonchev–Trinajstić information content (AvgIpc) is 3.17. The molecule has 5 nitrogen and oxygen atoms in total. The molecule has 1 aliphatic heterocycles. The smallest absolute Gasteiger partial charge is 0.322 e. The normalized spacial score (nSPS) is 16.7. The lowest BCUT2D eigenvalue weighted by molar-refractivity contribution is -0.137. The van der Waals surface area contributed by atoms with Crippen molar-refractivity contribution in [3.63, 3.8) is 0 Å². The molecule has 1 amide bonds. The summed E-state index contributed by atoms with van der Waals surface area (Å²) in [7, 11) is 0. The molecule has 9 heteroatoms. The number of halogens is 4. The van der Waals surface area contributed by atoms with Crippen LogP contribution in [0.15, 0.2) is 48.5 Å². The summed E-state index contributed by atoms with van der Waals surface area (Å²) in [6.07, 6.45) is -4.66. The van der Waals surface area contributed by atoms with Crippen LogP contribution in [0, 0.1) is 0 Å². The van der Waals surface area contributed by atoms with Gasteiger partial charge >= 0.3 is 6.18 Å². The second-order valence-corrected chi connectivity index (χ2v) is 9.14. The van der Waals surface area contributed by atoms with Crippen LogP contribution in [0.2, 0.25) is 5.02 Å². The molecule has 168 valence electrons. The maximum absolute atomic E-state index is 13.5. The van der Waals surface area contributed by atoms with E-state index in [4.69, 9.17) is 11.6 Å². The van der Waals surface area contributed by atoms with Crippen molar-refractivity contribution in [1.82, 2.24) is 19.7 Å². The third kappa shape index (κ3) is 3.88. The maximum atomic E-state index is 13.5. The summed E-state index contributed by atoms with van der Waals surface area (Å²) in [5, 5.41) is 8.17. The Hall–Kier alpha value is -2.87. The number of nitrogens with zero attached hydrogens (tertiary/aromatic N) is 4. The molecule has 0 bridgehead atoms. The van der Waals surface area contributed by atoms with Gasteiger partial charge in [0.15, 0.2) is 5.82 Å². The molecule has 4 rings (SSSR count). The van der Waals surface area contributed by atoms with Gasteiger partial charge in [0.25, 0.3) is 5.91 Å². The van der Waals surface area contributed by atoms with Crippen molar-refractivity contribution in [3.8, 4) is 0 Å². The first-order valence-corrected chi connectivity index (χ1v) is 10.5. The molecule has 0 N–H and O–H groups in total. The number of aromatic nitrogens is 3. The van der Waals surface area contributed by atoms with Crippen molar-refractivity contribution in [3.05, 3.63) is 81.9 Å². The van der Waals surface area contributed by atoms with Crippen LogP contribution >= 0.6 is 11.6 Å². The number of rotatable bonds is 2. The van der Waals surface area contributed by atoms with Crippen molar-refractivity contribution in [2.75, 3.05) is 6.54 Å². The number of hydrogen-bond donors (Lipinski definition) is 0. The molecule has 0 unspecified atom stereocenters. The SMILES string of the molecule is CC(C)(C)c1nnc2n1CCN(C(=O)c1cccc(C(F)(F)F)c1Cl)[C@H]2c1ccccc1. The first-order chi connectivity index (χ1) is 15.0. The summed E-state index contributed by atoms with van der Waals surface area (Å²) < 4.78 is 42.1. The second kappa shape index (κ2) is 7.92. The zero-order chi connectivity index (χ0) is 23.3. The van der Waals surface area contributed by atoms with Gasteiger partial charge in [0.05, 0.1) is 16.1 Å². The number of carbonyl (C=O) groups excluding carboxylic acids is 1. The summed E-state index contributed by atoms with van der Waals surface area (Å²) in [6, 6.07) is 12.0. The summed E-state index contributed by atoms with van der Waals surface area (Å²) >= 11 is 6.06. The Morgan fingerprint density at radius 2 is 1.69 bits per heavy atom. The minimum absolute atomic E-state index is 0.188. The van der Waals surface area contributed by atoms with Gasteiger partial charge in [0.2, 0.25) is 0 Å². The number of amides is 1. The van der Waals surface area contributed by atoms with Gasteiger partial charge in [0, 0.05) is 18.5 Å². The van der Waals surface area contributed by atoms with E-state index in [9.17, 15) is 18.0 Å². The van der Waals surface area contributed by atoms with Crippen LogP contribution in [-0.2, 0) is 18.1 Å². The van der Waals surface area contributed by atoms with E-state index in [1.165, 1.54) is 17.0 Å². The molecule has 32 heavy (non-hydrogen) atoms. The van der Waals surface area contributed by atoms with Crippen molar-refractivity contribution in [2.45, 2.75) is 44.9 Å². The molecule has 1 atom stereocenters. The quantitative estimate of drug-likeness (QED) is 0.505. The molecular formula is C23H22ClF3N4O. The number of benzene rings is 2. The molecule has 0 spiro atoms. The van der Waals surface area contributed by atoms with Gasteiger partial charge in [-0.1, -0.05) is 68.8 Å². The zero-order valence-electron chi connectivity index (χ0n) is 17.8. The van der Waals surface area contributed by atoms with Crippen molar-refractivity contribution < 1.29 is 18.0 Å². The van der Waals surface area contributed by atoms with Crippen molar-refractivity contribution in [2.24, 2.45) is 0 Å². The standard InChI is InChI=1S/C23H22ClF3N4O/c1-22(2,3)21-29-28-19-18(14-8-5-4-6-9-14)30(12-13-31(19)21)20(32)15-10-7-11-16(17(15)24)23(25,26)27/h4-11,18H,12-13H2,1-3H3/t18-/m0/s1. The van der Waals surface area contributed by atoms with Crippen LogP contribution < -0.4 is 0 Å². The topological polar surface area (TPSA) is 51.0 Å². The average molecular weight is 463 g/mol. The maximum Gasteiger partial charge on any atom is 0.417 e. The fraction of sp³-hybridized carbons (Fsp3) is 0.348. The van der Waals surface area contributed by atoms with E-state index in [0.717, 1.165) is 17.5 Å². The van der Waals surface area contributed by atoms with Gasteiger partial charge in [-0.3, -0.25) is 4.79 Å². The highest BCUT2D eigenvalue weighted by molar-refractivity contribution is 6.34. The highest BCUT2D eigenvalue weighted by atomic mass is 35.5. The van der Waals surface area contributed by atoms with E-state index in [-0.39, 0.29) is 17.5 Å². The Labute approximate surface area is 188 Å². The molecular weight excluding hydrogens is 441 g/mol. The second-order valence-electron chi connectivity index (χ2n) is 8.76. The van der Waals surface area contributed by atoms with Crippen LogP contribution in [0.5, 0.6) is 0 Å². The molecule has 0 saturated carbocycles. The number of carbonyl (C=O) groups is 1. The Balaban J connectivity index is 1.83. The minimum atomic E-state index is -4.66. The molecule has 0 radical (unpaired) electrons. The van der Waals surface area contributed by atoms with E-state index in [1.54, 1.807) is 0 Å². The fourth-order valence-electron chi connectivity index (χ4n) is 4.02. The van der Waals surface area contributed by atoms with Gasteiger partial charge in [-0.2, -0.15) is 13.2 Å². The van der Waals surface area contributed by atoms with E-state index >= 15 is 0 Å². The number of hydrogen-bond acceptors (Lipinski definition) is 3. The van der Waals surface area contributed by atoms with Crippen LogP contribution in [0.25, 0.3) is 0 Å². The summed E-state index contributed by atoms with van der Waals surface area (Å²) in [5.74, 6) is 0.781. The highest BCUT2D eigenvalue weighted by Crippen LogP contribution is 2.39. The predicted octanol–water partition coefficient (Wildman–Crippen LogP) is 5.49. The minimum Gasteiger partial charge on any atom is -0.322 e. The van der Waals surface area contributed by atoms with Gasteiger partial charge in [-0.15, -0.1) is 10.2 Å². The van der Waals surface area contributed by atoms with Crippen LogP contribution in [0.3, 0.4) is 0 Å². The molecule has 0 fully saturated rings. The van der Waals surface area contributed by atoms with E-state index < -0.39 is 28.7 Å². The number of alkyl halides is 3. The zero-order valence-corrected chi connectivity index (χ0v) is 18.6. The first kappa shape index (κ1) is 22.3. The molecule has 2 aromatic carbocycles. The molecule has 1 aromatic heterocycles. The van der Waals surface area contributed by atoms with E-state index in [0.29, 0.717) is 12.4 Å². The molecule has 3 aromatic rings. The third-order valence-electron chi connectivity index (χ3n) is 5.48. The van der Waals surface area contributed by atoms with Crippen LogP contribution in [0.1, 0.15) is 59.9 Å². The van der Waals surface area contributed by atoms with Gasteiger partial charge in [0.1, 0.15) is 11.9 Å². The summed E-state index contributed by atoms with van der Waals surface area (Å²) in [4.78, 5) is 15.0. The lowest BCUT2D eigenvalue weighted by Gasteiger charge is -2.37. The largest absolute Gasteiger partial charge is 0.417 e. The molecule has 0 aliphatic carbocycles. The first-order valence-electron chi connectivity index (χ1n) is 10.2. The van der Waals surface area contributed by atoms with Crippen LogP contribution in [0.4, 0.5) is 13.2 Å². The number of fused-ring (bicyclic) bond motifs is 1. The Morgan fingerprint density at radius 3 is 2.31 bits per heavy atom. The molecule has 2 heterocycles. The Bertz CT molecular complexity index is 1150. The fourth-order valence-corrected chi connectivity index (χ4v) is 4.34. The van der Waals surface area contributed by atoms with Crippen molar-refractivity contribution >= 4 is 17.5 Å². The summed E-state index contributed by atoms with van der Waals surface area (Å²) in [6.45, 7) is 6.80. The lowest BCUT2D eigenvalue weighted by Crippen LogP contribution is -2.44. The van der Waals surface area contributed by atoms with E-state index in [1.807, 2.05) is 55.7 Å². The Kier molecular flexibility index (Phi) is 5.53. The van der Waals surface area contributed by atoms with Crippen molar-refractivity contribution in [1.29, 1.82) is 0 Å². The molecule has 1 aliphatic rings. The van der Waals surface area contributed by atoms with Crippen LogP contribution in [-0.4, -0.2) is 32.1 Å². The Morgan fingerprint density at radius 1 is 1.00 bits per heavy atom. The van der Waals surface area contributed by atoms with E-state index in [2.05, 4.69) is 10.2 Å². The van der Waals surface area contributed by atoms with Gasteiger partial charge in [-0.25, -0.2) is 0 Å². The monoisotopic (exact) mass is 462 g/mol. The predicted molar refractivity (Wildman–Crippen MR) is 114 cm³/mol. The summed E-state index contributed by atoms with van der Waals surface area (Å²) in [5.41, 5.74) is -0.691. The third-order valence-corrected chi connectivity index (χ3v) is 5.89. The highest BCUT2D eigenvalue weighted by Gasteiger charge is 2.40. The lowest BCUT2D eigenvalue weighted by atomic mass is 9.94.